The Kier molecular flexibility index (Phi) is 4.53. The van der Waals surface area contributed by atoms with E-state index in [0.717, 1.165) is 11.1 Å². The van der Waals surface area contributed by atoms with Gasteiger partial charge in [0.05, 0.1) is 17.3 Å². The van der Waals surface area contributed by atoms with Gasteiger partial charge in [0.25, 0.3) is 0 Å². The van der Waals surface area contributed by atoms with Crippen molar-refractivity contribution in [3.05, 3.63) is 64.2 Å². The summed E-state index contributed by atoms with van der Waals surface area (Å²) in [5, 5.41) is 10.0. The molecule has 0 bridgehead atoms. The normalized spacial score (nSPS) is 12.0. The van der Waals surface area contributed by atoms with E-state index in [1.165, 1.54) is 0 Å². The predicted octanol–water partition coefficient (Wildman–Crippen LogP) is 4.54. The lowest BCUT2D eigenvalue weighted by atomic mass is 10.0. The number of rotatable bonds is 4. The number of carbonyl (C=O) groups is 1. The number of anilines is 1. The predicted molar refractivity (Wildman–Crippen MR) is 86.4 cm³/mol. The molecule has 0 fully saturated rings. The fourth-order valence-electron chi connectivity index (χ4n) is 2.29. The zero-order valence-electron chi connectivity index (χ0n) is 12.3. The van der Waals surface area contributed by atoms with Crippen molar-refractivity contribution < 1.29 is 9.90 Å². The molecule has 2 aromatic carbocycles. The van der Waals surface area contributed by atoms with Crippen LogP contribution >= 0.6 is 11.6 Å². The summed E-state index contributed by atoms with van der Waals surface area (Å²) in [4.78, 5) is 13.4. The molecule has 0 aliphatic heterocycles. The van der Waals surface area contributed by atoms with Crippen molar-refractivity contribution in [2.24, 2.45) is 0 Å². The van der Waals surface area contributed by atoms with Crippen LogP contribution in [0.5, 0.6) is 0 Å². The standard InChI is InChI=1S/C17H18ClNO2/c1-11-4-9-15(17(20)21)16(10-11)19(3)12(2)13-5-7-14(18)8-6-13/h4-10,12H,1-3H3,(H,20,21). The first-order valence-electron chi connectivity index (χ1n) is 6.72. The van der Waals surface area contributed by atoms with Crippen LogP contribution in [0, 0.1) is 6.92 Å². The lowest BCUT2D eigenvalue weighted by Crippen LogP contribution is -2.23. The van der Waals surface area contributed by atoms with Crippen molar-refractivity contribution in [2.45, 2.75) is 19.9 Å². The molecule has 1 unspecified atom stereocenters. The summed E-state index contributed by atoms with van der Waals surface area (Å²) in [5.74, 6) is -0.917. The molecule has 2 rings (SSSR count). The van der Waals surface area contributed by atoms with Crippen molar-refractivity contribution in [3.63, 3.8) is 0 Å². The summed E-state index contributed by atoms with van der Waals surface area (Å²) >= 11 is 5.91. The number of aryl methyl sites for hydroxylation is 1. The van der Waals surface area contributed by atoms with Gasteiger partial charge in [0.2, 0.25) is 0 Å². The summed E-state index contributed by atoms with van der Waals surface area (Å²) in [6.07, 6.45) is 0. The number of benzene rings is 2. The quantitative estimate of drug-likeness (QED) is 0.901. The first-order chi connectivity index (χ1) is 9.90. The number of carboxylic acid groups (broad SMARTS) is 1. The lowest BCUT2D eigenvalue weighted by molar-refractivity contribution is 0.0697. The Hall–Kier alpha value is -2.00. The summed E-state index contributed by atoms with van der Waals surface area (Å²) in [6.45, 7) is 3.99. The van der Waals surface area contributed by atoms with Gasteiger partial charge in [0, 0.05) is 12.1 Å². The Morgan fingerprint density at radius 2 is 1.81 bits per heavy atom. The molecule has 2 aromatic rings. The second kappa shape index (κ2) is 6.19. The van der Waals surface area contributed by atoms with Crippen molar-refractivity contribution >= 4 is 23.3 Å². The Morgan fingerprint density at radius 1 is 1.19 bits per heavy atom. The summed E-state index contributed by atoms with van der Waals surface area (Å²) < 4.78 is 0. The van der Waals surface area contributed by atoms with Crippen LogP contribution in [0.4, 0.5) is 5.69 Å². The maximum Gasteiger partial charge on any atom is 0.337 e. The molecule has 4 heteroatoms. The van der Waals surface area contributed by atoms with Gasteiger partial charge < -0.3 is 10.0 Å². The van der Waals surface area contributed by atoms with Crippen LogP contribution in [0.1, 0.15) is 34.5 Å². The molecule has 0 radical (unpaired) electrons. The third-order valence-corrected chi connectivity index (χ3v) is 3.95. The minimum Gasteiger partial charge on any atom is -0.478 e. The minimum atomic E-state index is -0.917. The first-order valence-corrected chi connectivity index (χ1v) is 7.10. The van der Waals surface area contributed by atoms with Crippen LogP contribution in [-0.2, 0) is 0 Å². The number of nitrogens with zero attached hydrogens (tertiary/aromatic N) is 1. The van der Waals surface area contributed by atoms with E-state index in [9.17, 15) is 9.90 Å². The van der Waals surface area contributed by atoms with Crippen molar-refractivity contribution in [2.75, 3.05) is 11.9 Å². The molecule has 0 spiro atoms. The highest BCUT2D eigenvalue weighted by Gasteiger charge is 2.18. The lowest BCUT2D eigenvalue weighted by Gasteiger charge is -2.29. The number of aromatic carboxylic acids is 1. The van der Waals surface area contributed by atoms with Crippen LogP contribution in [0.15, 0.2) is 42.5 Å². The van der Waals surface area contributed by atoms with E-state index in [-0.39, 0.29) is 6.04 Å². The number of carboxylic acids is 1. The minimum absolute atomic E-state index is 0.0437. The van der Waals surface area contributed by atoms with Crippen LogP contribution in [0.2, 0.25) is 5.02 Å². The highest BCUT2D eigenvalue weighted by atomic mass is 35.5. The van der Waals surface area contributed by atoms with Gasteiger partial charge in [-0.1, -0.05) is 29.8 Å². The summed E-state index contributed by atoms with van der Waals surface area (Å²) in [6, 6.07) is 13.0. The van der Waals surface area contributed by atoms with Crippen LogP contribution in [0.25, 0.3) is 0 Å². The zero-order chi connectivity index (χ0) is 15.6. The average molecular weight is 304 g/mol. The number of hydrogen-bond donors (Lipinski definition) is 1. The second-order valence-corrected chi connectivity index (χ2v) is 5.60. The molecule has 1 atom stereocenters. The van der Waals surface area contributed by atoms with Gasteiger partial charge in [-0.05, 0) is 49.2 Å². The molecule has 21 heavy (non-hydrogen) atoms. The van der Waals surface area contributed by atoms with Gasteiger partial charge in [0.15, 0.2) is 0 Å². The molecule has 3 nitrogen and oxygen atoms in total. The molecule has 0 heterocycles. The fraction of sp³-hybridized carbons (Fsp3) is 0.235. The van der Waals surface area contributed by atoms with Gasteiger partial charge >= 0.3 is 5.97 Å². The van der Waals surface area contributed by atoms with Gasteiger partial charge in [-0.15, -0.1) is 0 Å². The van der Waals surface area contributed by atoms with Crippen LogP contribution in [-0.4, -0.2) is 18.1 Å². The van der Waals surface area contributed by atoms with Crippen molar-refractivity contribution in [1.29, 1.82) is 0 Å². The molecule has 0 aliphatic carbocycles. The van der Waals surface area contributed by atoms with Gasteiger partial charge in [-0.25, -0.2) is 4.79 Å². The SMILES string of the molecule is Cc1ccc(C(=O)O)c(N(C)C(C)c2ccc(Cl)cc2)c1. The molecule has 0 saturated carbocycles. The molecule has 110 valence electrons. The van der Waals surface area contributed by atoms with Crippen LogP contribution in [0.3, 0.4) is 0 Å². The highest BCUT2D eigenvalue weighted by Crippen LogP contribution is 2.29. The smallest absolute Gasteiger partial charge is 0.337 e. The van der Waals surface area contributed by atoms with Gasteiger partial charge in [-0.3, -0.25) is 0 Å². The highest BCUT2D eigenvalue weighted by molar-refractivity contribution is 6.30. The average Bonchev–Trinajstić information content (AvgIpc) is 2.46. The molecular formula is C17H18ClNO2. The van der Waals surface area contributed by atoms with Crippen LogP contribution < -0.4 is 4.90 Å². The first kappa shape index (κ1) is 15.4. The Bertz CT molecular complexity index is 652. The topological polar surface area (TPSA) is 40.5 Å². The van der Waals surface area contributed by atoms with Crippen molar-refractivity contribution in [1.82, 2.24) is 0 Å². The third-order valence-electron chi connectivity index (χ3n) is 3.70. The monoisotopic (exact) mass is 303 g/mol. The van der Waals surface area contributed by atoms with Gasteiger partial charge in [-0.2, -0.15) is 0 Å². The largest absolute Gasteiger partial charge is 0.478 e. The van der Waals surface area contributed by atoms with E-state index in [1.54, 1.807) is 6.07 Å². The van der Waals surface area contributed by atoms with E-state index >= 15 is 0 Å². The molecular weight excluding hydrogens is 286 g/mol. The van der Waals surface area contributed by atoms with Gasteiger partial charge in [0.1, 0.15) is 0 Å². The number of hydrogen-bond acceptors (Lipinski definition) is 2. The van der Waals surface area contributed by atoms with E-state index in [4.69, 9.17) is 11.6 Å². The summed E-state index contributed by atoms with van der Waals surface area (Å²) in [5.41, 5.74) is 3.14. The number of halogens is 1. The Balaban J connectivity index is 2.39. The zero-order valence-corrected chi connectivity index (χ0v) is 13.1. The summed E-state index contributed by atoms with van der Waals surface area (Å²) in [7, 11) is 1.90. The third kappa shape index (κ3) is 3.37. The van der Waals surface area contributed by atoms with E-state index in [1.807, 2.05) is 62.2 Å². The van der Waals surface area contributed by atoms with E-state index in [2.05, 4.69) is 0 Å². The maximum absolute atomic E-state index is 11.4. The Morgan fingerprint density at radius 3 is 2.38 bits per heavy atom. The molecule has 0 amide bonds. The molecule has 0 aliphatic rings. The Labute approximate surface area is 129 Å². The molecule has 1 N–H and O–H groups in total. The second-order valence-electron chi connectivity index (χ2n) is 5.16. The maximum atomic E-state index is 11.4. The molecule has 0 saturated heterocycles. The van der Waals surface area contributed by atoms with E-state index in [0.29, 0.717) is 16.3 Å². The van der Waals surface area contributed by atoms with E-state index < -0.39 is 5.97 Å². The van der Waals surface area contributed by atoms with Crippen molar-refractivity contribution in [3.8, 4) is 0 Å². The molecule has 0 aromatic heterocycles. The fourth-order valence-corrected chi connectivity index (χ4v) is 2.41.